The van der Waals surface area contributed by atoms with Crippen molar-refractivity contribution in [1.29, 1.82) is 0 Å². The third-order valence-electron chi connectivity index (χ3n) is 3.02. The first kappa shape index (κ1) is 14.6. The number of carbonyl (C=O) groups is 1. The van der Waals surface area contributed by atoms with Gasteiger partial charge in [0.1, 0.15) is 0 Å². The van der Waals surface area contributed by atoms with Crippen molar-refractivity contribution in [3.63, 3.8) is 0 Å². The summed E-state index contributed by atoms with van der Waals surface area (Å²) in [6.45, 7) is 0.457. The van der Waals surface area contributed by atoms with Crippen LogP contribution in [0.15, 0.2) is 54.6 Å². The third-order valence-corrected chi connectivity index (χ3v) is 3.27. The van der Waals surface area contributed by atoms with Gasteiger partial charge in [-0.25, -0.2) is 0 Å². The molecule has 3 nitrogen and oxygen atoms in total. The van der Waals surface area contributed by atoms with Gasteiger partial charge in [-0.2, -0.15) is 0 Å². The normalized spacial score (nSPS) is 11.9. The minimum Gasteiger partial charge on any atom is -0.351 e. The summed E-state index contributed by atoms with van der Waals surface area (Å²) in [5.74, 6) is -0.149. The lowest BCUT2D eigenvalue weighted by atomic mass is 10.1. The summed E-state index contributed by atoms with van der Waals surface area (Å²) in [7, 11) is 0. The van der Waals surface area contributed by atoms with E-state index in [1.165, 1.54) is 0 Å². The molecule has 0 saturated carbocycles. The Labute approximate surface area is 123 Å². The van der Waals surface area contributed by atoms with E-state index in [-0.39, 0.29) is 5.91 Å². The fraction of sp³-hybridized carbons (Fsp3) is 0.188. The fourth-order valence-electron chi connectivity index (χ4n) is 1.88. The van der Waals surface area contributed by atoms with Crippen molar-refractivity contribution in [3.8, 4) is 0 Å². The molecular weight excluding hydrogens is 272 g/mol. The Morgan fingerprint density at radius 2 is 1.70 bits per heavy atom. The van der Waals surface area contributed by atoms with Gasteiger partial charge in [-0.1, -0.05) is 54.1 Å². The van der Waals surface area contributed by atoms with Crippen LogP contribution in [0.4, 0.5) is 0 Å². The first-order valence-corrected chi connectivity index (χ1v) is 6.84. The average molecular weight is 289 g/mol. The van der Waals surface area contributed by atoms with Gasteiger partial charge in [0.25, 0.3) is 0 Å². The number of rotatable bonds is 5. The maximum atomic E-state index is 11.9. The number of halogens is 1. The number of carbonyl (C=O) groups excluding carboxylic acids is 1. The van der Waals surface area contributed by atoms with Gasteiger partial charge < -0.3 is 11.1 Å². The van der Waals surface area contributed by atoms with E-state index >= 15 is 0 Å². The summed E-state index contributed by atoms with van der Waals surface area (Å²) in [5.41, 5.74) is 7.96. The van der Waals surface area contributed by atoms with Crippen LogP contribution in [-0.2, 0) is 17.8 Å². The topological polar surface area (TPSA) is 55.1 Å². The van der Waals surface area contributed by atoms with E-state index in [4.69, 9.17) is 17.3 Å². The molecule has 0 aliphatic rings. The molecule has 104 valence electrons. The molecule has 20 heavy (non-hydrogen) atoms. The summed E-state index contributed by atoms with van der Waals surface area (Å²) in [4.78, 5) is 11.9. The lowest BCUT2D eigenvalue weighted by Gasteiger charge is -2.12. The Bertz CT molecular complexity index is 554. The Morgan fingerprint density at radius 1 is 1.05 bits per heavy atom. The standard InChI is InChI=1S/C16H17ClN2O/c17-14-8-6-13(7-9-14)11-19-16(20)15(18)10-12-4-2-1-3-5-12/h1-9,15H,10-11,18H2,(H,19,20)/t15-/m0/s1. The SMILES string of the molecule is N[C@@H](Cc1ccccc1)C(=O)NCc1ccc(Cl)cc1. The largest absolute Gasteiger partial charge is 0.351 e. The number of hydrogen-bond donors (Lipinski definition) is 2. The molecule has 4 heteroatoms. The highest BCUT2D eigenvalue weighted by Crippen LogP contribution is 2.09. The van der Waals surface area contributed by atoms with E-state index in [0.29, 0.717) is 18.0 Å². The van der Waals surface area contributed by atoms with Crippen LogP contribution in [-0.4, -0.2) is 11.9 Å². The molecule has 1 atom stereocenters. The molecular formula is C16H17ClN2O. The number of benzene rings is 2. The Balaban J connectivity index is 1.83. The molecule has 2 aromatic carbocycles. The first-order chi connectivity index (χ1) is 9.65. The van der Waals surface area contributed by atoms with Crippen molar-refractivity contribution in [2.45, 2.75) is 19.0 Å². The molecule has 2 aromatic rings. The Morgan fingerprint density at radius 3 is 2.35 bits per heavy atom. The molecule has 0 aliphatic carbocycles. The summed E-state index contributed by atoms with van der Waals surface area (Å²) in [6, 6.07) is 16.6. The van der Waals surface area contributed by atoms with Crippen LogP contribution in [0.2, 0.25) is 5.02 Å². The summed E-state index contributed by atoms with van der Waals surface area (Å²) >= 11 is 5.81. The van der Waals surface area contributed by atoms with Crippen LogP contribution in [0.25, 0.3) is 0 Å². The van der Waals surface area contributed by atoms with Crippen LogP contribution in [0.5, 0.6) is 0 Å². The van der Waals surface area contributed by atoms with Gasteiger partial charge >= 0.3 is 0 Å². The molecule has 1 amide bonds. The van der Waals surface area contributed by atoms with Crippen molar-refractivity contribution < 1.29 is 4.79 Å². The monoisotopic (exact) mass is 288 g/mol. The van der Waals surface area contributed by atoms with Crippen LogP contribution in [0.1, 0.15) is 11.1 Å². The molecule has 3 N–H and O–H groups in total. The van der Waals surface area contributed by atoms with Crippen LogP contribution >= 0.6 is 11.6 Å². The van der Waals surface area contributed by atoms with Gasteiger partial charge in [-0.3, -0.25) is 4.79 Å². The highest BCUT2D eigenvalue weighted by molar-refractivity contribution is 6.30. The molecule has 0 bridgehead atoms. The minimum atomic E-state index is -0.537. The van der Waals surface area contributed by atoms with Crippen LogP contribution in [0.3, 0.4) is 0 Å². The predicted octanol–water partition coefficient (Wildman–Crippen LogP) is 2.53. The van der Waals surface area contributed by atoms with E-state index in [1.807, 2.05) is 42.5 Å². The third kappa shape index (κ3) is 4.37. The second kappa shape index (κ2) is 7.08. The molecule has 0 spiro atoms. The van der Waals surface area contributed by atoms with Gasteiger partial charge in [-0.05, 0) is 29.7 Å². The predicted molar refractivity (Wildman–Crippen MR) is 81.4 cm³/mol. The quantitative estimate of drug-likeness (QED) is 0.888. The summed E-state index contributed by atoms with van der Waals surface area (Å²) in [5, 5.41) is 3.51. The number of amides is 1. The van der Waals surface area contributed by atoms with Gasteiger partial charge in [0.05, 0.1) is 6.04 Å². The maximum Gasteiger partial charge on any atom is 0.237 e. The average Bonchev–Trinajstić information content (AvgIpc) is 2.47. The van der Waals surface area contributed by atoms with Crippen LogP contribution in [0, 0.1) is 0 Å². The molecule has 0 radical (unpaired) electrons. The smallest absolute Gasteiger partial charge is 0.237 e. The van der Waals surface area contributed by atoms with Crippen molar-refractivity contribution in [2.24, 2.45) is 5.73 Å². The molecule has 0 aliphatic heterocycles. The van der Waals surface area contributed by atoms with E-state index in [0.717, 1.165) is 11.1 Å². The summed E-state index contributed by atoms with van der Waals surface area (Å²) in [6.07, 6.45) is 0.535. The zero-order chi connectivity index (χ0) is 14.4. The number of nitrogens with one attached hydrogen (secondary N) is 1. The van der Waals surface area contributed by atoms with Gasteiger partial charge in [0.2, 0.25) is 5.91 Å². The first-order valence-electron chi connectivity index (χ1n) is 6.47. The second-order valence-electron chi connectivity index (χ2n) is 4.64. The Hall–Kier alpha value is -1.84. The molecule has 0 aromatic heterocycles. The van der Waals surface area contributed by atoms with Crippen molar-refractivity contribution in [1.82, 2.24) is 5.32 Å². The molecule has 0 saturated heterocycles. The molecule has 0 fully saturated rings. The van der Waals surface area contributed by atoms with E-state index in [9.17, 15) is 4.79 Å². The number of hydrogen-bond acceptors (Lipinski definition) is 2. The zero-order valence-corrected chi connectivity index (χ0v) is 11.8. The molecule has 0 heterocycles. The highest BCUT2D eigenvalue weighted by atomic mass is 35.5. The van der Waals surface area contributed by atoms with E-state index < -0.39 is 6.04 Å². The van der Waals surface area contributed by atoms with E-state index in [1.54, 1.807) is 12.1 Å². The lowest BCUT2D eigenvalue weighted by molar-refractivity contribution is -0.122. The lowest BCUT2D eigenvalue weighted by Crippen LogP contribution is -2.41. The Kier molecular flexibility index (Phi) is 5.16. The van der Waals surface area contributed by atoms with Gasteiger partial charge in [0, 0.05) is 11.6 Å². The molecule has 0 unspecified atom stereocenters. The summed E-state index contributed by atoms with van der Waals surface area (Å²) < 4.78 is 0. The van der Waals surface area contributed by atoms with Crippen molar-refractivity contribution in [3.05, 3.63) is 70.7 Å². The van der Waals surface area contributed by atoms with Crippen LogP contribution < -0.4 is 11.1 Å². The van der Waals surface area contributed by atoms with Crippen molar-refractivity contribution >= 4 is 17.5 Å². The van der Waals surface area contributed by atoms with Crippen molar-refractivity contribution in [2.75, 3.05) is 0 Å². The van der Waals surface area contributed by atoms with E-state index in [2.05, 4.69) is 5.32 Å². The van der Waals surface area contributed by atoms with Gasteiger partial charge in [-0.15, -0.1) is 0 Å². The highest BCUT2D eigenvalue weighted by Gasteiger charge is 2.13. The molecule has 2 rings (SSSR count). The second-order valence-corrected chi connectivity index (χ2v) is 5.08. The fourth-order valence-corrected chi connectivity index (χ4v) is 2.01. The van der Waals surface area contributed by atoms with Gasteiger partial charge in [0.15, 0.2) is 0 Å². The minimum absolute atomic E-state index is 0.149. The maximum absolute atomic E-state index is 11.9. The zero-order valence-electron chi connectivity index (χ0n) is 11.1. The number of nitrogens with two attached hydrogens (primary N) is 1.